The molecular formula is C20H21N3O. The van der Waals surface area contributed by atoms with Gasteiger partial charge in [0.2, 0.25) is 0 Å². The Hall–Kier alpha value is -2.80. The molecule has 3 rings (SSSR count). The van der Waals surface area contributed by atoms with Crippen LogP contribution in [0.5, 0.6) is 0 Å². The molecule has 1 aliphatic heterocycles. The first-order chi connectivity index (χ1) is 11.7. The number of amides is 1. The standard InChI is InChI=1S/C20H21N3O/c1-3-22-11-6-12-23(19-8-5-4-7-18(19)22)20(24)16-9-10-17(14-21)15(2)13-16/h4-5,7-10,13H,3,6,11-12H2,1-2H3. The van der Waals surface area contributed by atoms with Crippen molar-refractivity contribution in [1.82, 2.24) is 0 Å². The molecule has 2 aromatic rings. The van der Waals surface area contributed by atoms with Gasteiger partial charge in [-0.05, 0) is 56.2 Å². The van der Waals surface area contributed by atoms with Crippen LogP contribution < -0.4 is 9.80 Å². The van der Waals surface area contributed by atoms with E-state index in [1.165, 1.54) is 0 Å². The number of benzene rings is 2. The summed E-state index contributed by atoms with van der Waals surface area (Å²) in [6, 6.07) is 15.5. The van der Waals surface area contributed by atoms with Crippen LogP contribution in [0.25, 0.3) is 0 Å². The molecule has 0 unspecified atom stereocenters. The number of para-hydroxylation sites is 2. The third kappa shape index (κ3) is 2.85. The molecule has 0 saturated carbocycles. The van der Waals surface area contributed by atoms with E-state index in [2.05, 4.69) is 24.0 Å². The molecular weight excluding hydrogens is 298 g/mol. The SMILES string of the molecule is CCN1CCCN(C(=O)c2ccc(C#N)c(C)c2)c2ccccc21. The van der Waals surface area contributed by atoms with E-state index in [0.29, 0.717) is 17.7 Å². The van der Waals surface area contributed by atoms with Crippen molar-refractivity contribution in [2.75, 3.05) is 29.4 Å². The topological polar surface area (TPSA) is 47.3 Å². The van der Waals surface area contributed by atoms with Crippen LogP contribution in [0, 0.1) is 18.3 Å². The first-order valence-electron chi connectivity index (χ1n) is 8.32. The number of fused-ring (bicyclic) bond motifs is 1. The number of carbonyl (C=O) groups excluding carboxylic acids is 1. The van der Waals surface area contributed by atoms with E-state index >= 15 is 0 Å². The van der Waals surface area contributed by atoms with E-state index in [4.69, 9.17) is 5.26 Å². The van der Waals surface area contributed by atoms with Crippen LogP contribution in [0.2, 0.25) is 0 Å². The number of aryl methyl sites for hydroxylation is 1. The minimum atomic E-state index is -0.00649. The molecule has 0 aromatic heterocycles. The Labute approximate surface area is 142 Å². The number of nitrogens with zero attached hydrogens (tertiary/aromatic N) is 3. The van der Waals surface area contributed by atoms with Gasteiger partial charge >= 0.3 is 0 Å². The van der Waals surface area contributed by atoms with E-state index in [1.807, 2.05) is 36.1 Å². The fourth-order valence-corrected chi connectivity index (χ4v) is 3.24. The molecule has 2 aromatic carbocycles. The van der Waals surface area contributed by atoms with Crippen molar-refractivity contribution in [1.29, 1.82) is 5.26 Å². The number of rotatable bonds is 2. The number of hydrogen-bond acceptors (Lipinski definition) is 3. The minimum absolute atomic E-state index is 0.00649. The largest absolute Gasteiger partial charge is 0.370 e. The molecule has 24 heavy (non-hydrogen) atoms. The third-order valence-corrected chi connectivity index (χ3v) is 4.54. The Balaban J connectivity index is 2.00. The zero-order valence-corrected chi connectivity index (χ0v) is 14.1. The van der Waals surface area contributed by atoms with Crippen LogP contribution in [-0.2, 0) is 0 Å². The first kappa shape index (κ1) is 16.1. The number of hydrogen-bond donors (Lipinski definition) is 0. The van der Waals surface area contributed by atoms with Crippen molar-refractivity contribution in [2.45, 2.75) is 20.3 Å². The normalized spacial score (nSPS) is 13.9. The Morgan fingerprint density at radius 1 is 1.17 bits per heavy atom. The van der Waals surface area contributed by atoms with E-state index in [9.17, 15) is 4.79 Å². The second kappa shape index (κ2) is 6.76. The average Bonchev–Trinajstić information content (AvgIpc) is 2.80. The zero-order chi connectivity index (χ0) is 17.1. The minimum Gasteiger partial charge on any atom is -0.370 e. The predicted octanol–water partition coefficient (Wildman–Crippen LogP) is 3.74. The van der Waals surface area contributed by atoms with Crippen molar-refractivity contribution in [3.05, 3.63) is 59.2 Å². The van der Waals surface area contributed by atoms with Crippen molar-refractivity contribution in [3.8, 4) is 6.07 Å². The summed E-state index contributed by atoms with van der Waals surface area (Å²) >= 11 is 0. The Kier molecular flexibility index (Phi) is 4.52. The van der Waals surface area contributed by atoms with Gasteiger partial charge in [0, 0.05) is 25.2 Å². The zero-order valence-electron chi connectivity index (χ0n) is 14.1. The number of carbonyl (C=O) groups is 1. The van der Waals surface area contributed by atoms with Crippen molar-refractivity contribution in [3.63, 3.8) is 0 Å². The second-order valence-electron chi connectivity index (χ2n) is 6.02. The van der Waals surface area contributed by atoms with Crippen molar-refractivity contribution >= 4 is 17.3 Å². The highest BCUT2D eigenvalue weighted by Gasteiger charge is 2.25. The van der Waals surface area contributed by atoms with Gasteiger partial charge in [0.15, 0.2) is 0 Å². The lowest BCUT2D eigenvalue weighted by molar-refractivity contribution is 0.0987. The van der Waals surface area contributed by atoms with Gasteiger partial charge in [-0.15, -0.1) is 0 Å². The molecule has 4 nitrogen and oxygen atoms in total. The molecule has 4 heteroatoms. The predicted molar refractivity (Wildman–Crippen MR) is 96.5 cm³/mol. The molecule has 1 heterocycles. The number of anilines is 2. The molecule has 0 aliphatic carbocycles. The van der Waals surface area contributed by atoms with E-state index in [1.54, 1.807) is 12.1 Å². The van der Waals surface area contributed by atoms with Gasteiger partial charge in [0.05, 0.1) is 23.0 Å². The first-order valence-corrected chi connectivity index (χ1v) is 8.32. The number of nitriles is 1. The summed E-state index contributed by atoms with van der Waals surface area (Å²) in [6.07, 6.45) is 0.934. The highest BCUT2D eigenvalue weighted by atomic mass is 16.2. The molecule has 0 bridgehead atoms. The molecule has 0 atom stereocenters. The maximum absolute atomic E-state index is 13.1. The third-order valence-electron chi connectivity index (χ3n) is 4.54. The molecule has 0 spiro atoms. The highest BCUT2D eigenvalue weighted by Crippen LogP contribution is 2.33. The van der Waals surface area contributed by atoms with Gasteiger partial charge in [0.1, 0.15) is 0 Å². The molecule has 0 radical (unpaired) electrons. The van der Waals surface area contributed by atoms with Crippen molar-refractivity contribution < 1.29 is 4.79 Å². The Morgan fingerprint density at radius 2 is 1.92 bits per heavy atom. The summed E-state index contributed by atoms with van der Waals surface area (Å²) in [6.45, 7) is 6.58. The second-order valence-corrected chi connectivity index (χ2v) is 6.02. The maximum atomic E-state index is 13.1. The van der Waals surface area contributed by atoms with E-state index in [0.717, 1.165) is 36.4 Å². The summed E-state index contributed by atoms with van der Waals surface area (Å²) in [4.78, 5) is 17.3. The smallest absolute Gasteiger partial charge is 0.258 e. The van der Waals surface area contributed by atoms with Gasteiger partial charge in [-0.2, -0.15) is 5.26 Å². The van der Waals surface area contributed by atoms with Gasteiger partial charge < -0.3 is 9.80 Å². The molecule has 122 valence electrons. The van der Waals surface area contributed by atoms with E-state index < -0.39 is 0 Å². The quantitative estimate of drug-likeness (QED) is 0.847. The van der Waals surface area contributed by atoms with Crippen LogP contribution in [0.3, 0.4) is 0 Å². The summed E-state index contributed by atoms with van der Waals surface area (Å²) < 4.78 is 0. The van der Waals surface area contributed by atoms with E-state index in [-0.39, 0.29) is 5.91 Å². The van der Waals surface area contributed by atoms with Crippen LogP contribution in [0.4, 0.5) is 11.4 Å². The maximum Gasteiger partial charge on any atom is 0.258 e. The molecule has 0 saturated heterocycles. The summed E-state index contributed by atoms with van der Waals surface area (Å²) in [5, 5.41) is 9.07. The fourth-order valence-electron chi connectivity index (χ4n) is 3.24. The van der Waals surface area contributed by atoms with Gasteiger partial charge in [-0.3, -0.25) is 4.79 Å². The lowest BCUT2D eigenvalue weighted by Gasteiger charge is -2.26. The lowest BCUT2D eigenvalue weighted by atomic mass is 10.0. The molecule has 0 fully saturated rings. The monoisotopic (exact) mass is 319 g/mol. The fraction of sp³-hybridized carbons (Fsp3) is 0.300. The van der Waals surface area contributed by atoms with Crippen molar-refractivity contribution in [2.24, 2.45) is 0 Å². The highest BCUT2D eigenvalue weighted by molar-refractivity contribution is 6.08. The Morgan fingerprint density at radius 3 is 2.58 bits per heavy atom. The van der Waals surface area contributed by atoms with Gasteiger partial charge in [-0.1, -0.05) is 12.1 Å². The summed E-state index contributed by atoms with van der Waals surface area (Å²) in [5.74, 6) is -0.00649. The molecule has 1 amide bonds. The van der Waals surface area contributed by atoms with Crippen LogP contribution in [-0.4, -0.2) is 25.5 Å². The summed E-state index contributed by atoms with van der Waals surface area (Å²) in [5.41, 5.74) is 4.15. The lowest BCUT2D eigenvalue weighted by Crippen LogP contribution is -2.31. The van der Waals surface area contributed by atoms with Crippen LogP contribution >= 0.6 is 0 Å². The Bertz CT molecular complexity index is 807. The molecule has 1 aliphatic rings. The van der Waals surface area contributed by atoms with Crippen LogP contribution in [0.1, 0.15) is 34.8 Å². The average molecular weight is 319 g/mol. The van der Waals surface area contributed by atoms with Crippen LogP contribution in [0.15, 0.2) is 42.5 Å². The van der Waals surface area contributed by atoms with Gasteiger partial charge in [-0.25, -0.2) is 0 Å². The summed E-state index contributed by atoms with van der Waals surface area (Å²) in [7, 11) is 0. The molecule has 0 N–H and O–H groups in total. The van der Waals surface area contributed by atoms with Gasteiger partial charge in [0.25, 0.3) is 5.91 Å².